The minimum Gasteiger partial charge on any atom is -0.376 e. The first-order valence-electron chi connectivity index (χ1n) is 6.17. The molecule has 1 heterocycles. The quantitative estimate of drug-likeness (QED) is 0.633. The van der Waals surface area contributed by atoms with E-state index in [1.165, 1.54) is 44.5 Å². The molecular formula is C12H18FN3O. The van der Waals surface area contributed by atoms with Gasteiger partial charge >= 0.3 is 0 Å². The van der Waals surface area contributed by atoms with Gasteiger partial charge in [0.05, 0.1) is 12.7 Å². The third-order valence-electron chi connectivity index (χ3n) is 2.95. The van der Waals surface area contributed by atoms with E-state index in [9.17, 15) is 4.39 Å². The lowest BCUT2D eigenvalue weighted by Gasteiger charge is -2.22. The molecule has 5 heteroatoms. The summed E-state index contributed by atoms with van der Waals surface area (Å²) in [6.45, 7) is 1.28. The topological polar surface area (TPSA) is 47.0 Å². The molecule has 1 aromatic rings. The first kappa shape index (κ1) is 12.2. The van der Waals surface area contributed by atoms with Crippen LogP contribution in [0.15, 0.2) is 12.4 Å². The highest BCUT2D eigenvalue weighted by molar-refractivity contribution is 5.31. The maximum Gasteiger partial charge on any atom is 0.217 e. The molecule has 0 aliphatic heterocycles. The van der Waals surface area contributed by atoms with Gasteiger partial charge in [-0.1, -0.05) is 19.3 Å². The summed E-state index contributed by atoms with van der Waals surface area (Å²) in [5, 5.41) is 3.01. The van der Waals surface area contributed by atoms with Gasteiger partial charge in [0, 0.05) is 12.6 Å². The molecule has 0 radical (unpaired) electrons. The Hall–Kier alpha value is -1.23. The van der Waals surface area contributed by atoms with Crippen molar-refractivity contribution in [2.45, 2.75) is 38.2 Å². The zero-order chi connectivity index (χ0) is 11.9. The highest BCUT2D eigenvalue weighted by Gasteiger charge is 2.12. The van der Waals surface area contributed by atoms with Gasteiger partial charge in [0.15, 0.2) is 0 Å². The molecule has 4 nitrogen and oxygen atoms in total. The van der Waals surface area contributed by atoms with Crippen LogP contribution in [0.25, 0.3) is 0 Å². The molecule has 1 aliphatic carbocycles. The van der Waals surface area contributed by atoms with Gasteiger partial charge < -0.3 is 10.1 Å². The lowest BCUT2D eigenvalue weighted by atomic mass is 9.98. The van der Waals surface area contributed by atoms with Gasteiger partial charge in [0.2, 0.25) is 5.95 Å². The zero-order valence-corrected chi connectivity index (χ0v) is 9.86. The first-order chi connectivity index (χ1) is 8.34. The standard InChI is InChI=1S/C12H18FN3O/c13-11-8-12(16-9-15-11)14-6-7-17-10-4-2-1-3-5-10/h8-10H,1-7H2,(H,14,15,16). The Balaban J connectivity index is 1.62. The number of hydrogen-bond acceptors (Lipinski definition) is 4. The number of rotatable bonds is 5. The molecule has 0 aromatic carbocycles. The summed E-state index contributed by atoms with van der Waals surface area (Å²) in [5.74, 6) is -0.0135. The molecule has 0 bridgehead atoms. The molecule has 1 fully saturated rings. The van der Waals surface area contributed by atoms with Gasteiger partial charge in [-0.3, -0.25) is 0 Å². The summed E-state index contributed by atoms with van der Waals surface area (Å²) >= 11 is 0. The Morgan fingerprint density at radius 2 is 2.12 bits per heavy atom. The Bertz CT molecular complexity index is 342. The fourth-order valence-electron chi connectivity index (χ4n) is 2.07. The molecule has 0 unspecified atom stereocenters. The van der Waals surface area contributed by atoms with Crippen LogP contribution >= 0.6 is 0 Å². The molecule has 0 spiro atoms. The van der Waals surface area contributed by atoms with Crippen LogP contribution in [0.1, 0.15) is 32.1 Å². The molecule has 1 aromatic heterocycles. The fraction of sp³-hybridized carbons (Fsp3) is 0.667. The molecule has 17 heavy (non-hydrogen) atoms. The van der Waals surface area contributed by atoms with Crippen LogP contribution in [0.2, 0.25) is 0 Å². The van der Waals surface area contributed by atoms with Crippen molar-refractivity contribution in [3.8, 4) is 0 Å². The van der Waals surface area contributed by atoms with E-state index in [1.807, 2.05) is 0 Å². The Morgan fingerprint density at radius 1 is 1.29 bits per heavy atom. The molecule has 1 saturated carbocycles. The van der Waals surface area contributed by atoms with Crippen LogP contribution < -0.4 is 5.32 Å². The van der Waals surface area contributed by atoms with Gasteiger partial charge in [-0.25, -0.2) is 9.97 Å². The molecule has 0 atom stereocenters. The third-order valence-corrected chi connectivity index (χ3v) is 2.95. The number of ether oxygens (including phenoxy) is 1. The monoisotopic (exact) mass is 239 g/mol. The third kappa shape index (κ3) is 4.26. The van der Waals surface area contributed by atoms with Gasteiger partial charge in [-0.2, -0.15) is 4.39 Å². The highest BCUT2D eigenvalue weighted by atomic mass is 19.1. The molecule has 2 rings (SSSR count). The van der Waals surface area contributed by atoms with Crippen molar-refractivity contribution < 1.29 is 9.13 Å². The Morgan fingerprint density at radius 3 is 2.88 bits per heavy atom. The largest absolute Gasteiger partial charge is 0.376 e. The van der Waals surface area contributed by atoms with Gasteiger partial charge in [-0.15, -0.1) is 0 Å². The summed E-state index contributed by atoms with van der Waals surface area (Å²) in [6.07, 6.45) is 7.83. The predicted octanol–water partition coefficient (Wildman–Crippen LogP) is 2.38. The molecule has 0 amide bonds. The minimum absolute atomic E-state index is 0.410. The molecule has 94 valence electrons. The Kier molecular flexibility index (Phi) is 4.67. The number of hydrogen-bond donors (Lipinski definition) is 1. The molecular weight excluding hydrogens is 221 g/mol. The first-order valence-corrected chi connectivity index (χ1v) is 6.17. The molecule has 0 saturated heterocycles. The van der Waals surface area contributed by atoms with Gasteiger partial charge in [0.25, 0.3) is 0 Å². The highest BCUT2D eigenvalue weighted by Crippen LogP contribution is 2.19. The fourth-order valence-corrected chi connectivity index (χ4v) is 2.07. The SMILES string of the molecule is Fc1cc(NCCOC2CCCCC2)ncn1. The van der Waals surface area contributed by atoms with Crippen LogP contribution in [0.3, 0.4) is 0 Å². The van der Waals surface area contributed by atoms with Crippen molar-refractivity contribution in [3.05, 3.63) is 18.3 Å². The number of aromatic nitrogens is 2. The van der Waals surface area contributed by atoms with E-state index in [2.05, 4.69) is 15.3 Å². The smallest absolute Gasteiger partial charge is 0.217 e. The molecule has 1 N–H and O–H groups in total. The van der Waals surface area contributed by atoms with Crippen molar-refractivity contribution in [2.24, 2.45) is 0 Å². The lowest BCUT2D eigenvalue weighted by Crippen LogP contribution is -2.20. The van der Waals surface area contributed by atoms with Crippen LogP contribution in [-0.4, -0.2) is 29.2 Å². The minimum atomic E-state index is -0.518. The molecule has 1 aliphatic rings. The van der Waals surface area contributed by atoms with E-state index < -0.39 is 5.95 Å². The van der Waals surface area contributed by atoms with Crippen molar-refractivity contribution in [2.75, 3.05) is 18.5 Å². The van der Waals surface area contributed by atoms with E-state index in [4.69, 9.17) is 4.74 Å². The van der Waals surface area contributed by atoms with E-state index in [-0.39, 0.29) is 0 Å². The van der Waals surface area contributed by atoms with Gasteiger partial charge in [0.1, 0.15) is 12.1 Å². The maximum absolute atomic E-state index is 12.7. The van der Waals surface area contributed by atoms with Crippen molar-refractivity contribution in [1.29, 1.82) is 0 Å². The van der Waals surface area contributed by atoms with E-state index in [0.717, 1.165) is 0 Å². The maximum atomic E-state index is 12.7. The normalized spacial score (nSPS) is 17.0. The Labute approximate surface area is 101 Å². The van der Waals surface area contributed by atoms with Crippen molar-refractivity contribution >= 4 is 5.82 Å². The number of anilines is 1. The van der Waals surface area contributed by atoms with Crippen molar-refractivity contribution in [3.63, 3.8) is 0 Å². The van der Waals surface area contributed by atoms with Crippen molar-refractivity contribution in [1.82, 2.24) is 9.97 Å². The average molecular weight is 239 g/mol. The predicted molar refractivity (Wildman–Crippen MR) is 63.3 cm³/mol. The van der Waals surface area contributed by atoms with E-state index in [0.29, 0.717) is 25.1 Å². The summed E-state index contributed by atoms with van der Waals surface area (Å²) in [5.41, 5.74) is 0. The lowest BCUT2D eigenvalue weighted by molar-refractivity contribution is 0.0347. The summed E-state index contributed by atoms with van der Waals surface area (Å²) < 4.78 is 18.5. The van der Waals surface area contributed by atoms with Gasteiger partial charge in [-0.05, 0) is 12.8 Å². The van der Waals surface area contributed by atoms with Crippen LogP contribution in [0, 0.1) is 5.95 Å². The number of nitrogens with zero attached hydrogens (tertiary/aromatic N) is 2. The van der Waals surface area contributed by atoms with Crippen LogP contribution in [0.5, 0.6) is 0 Å². The second-order valence-corrected chi connectivity index (χ2v) is 4.28. The zero-order valence-electron chi connectivity index (χ0n) is 9.86. The number of nitrogens with one attached hydrogen (secondary N) is 1. The summed E-state index contributed by atoms with van der Waals surface area (Å²) in [7, 11) is 0. The van der Waals surface area contributed by atoms with Crippen LogP contribution in [-0.2, 0) is 4.74 Å². The number of halogens is 1. The van der Waals surface area contributed by atoms with E-state index in [1.54, 1.807) is 0 Å². The van der Waals surface area contributed by atoms with Crippen LogP contribution in [0.4, 0.5) is 10.2 Å². The summed E-state index contributed by atoms with van der Waals surface area (Å²) in [4.78, 5) is 7.30. The second kappa shape index (κ2) is 6.49. The second-order valence-electron chi connectivity index (χ2n) is 4.28. The summed E-state index contributed by atoms with van der Waals surface area (Å²) in [6, 6.07) is 1.28. The van der Waals surface area contributed by atoms with E-state index >= 15 is 0 Å². The average Bonchev–Trinajstić information content (AvgIpc) is 2.36.